The SMILES string of the molecule is CCn1c(S[C@H](C)C(=O)NCc2ccc(C)cc2)nnc1-c1cccc(Cl)c1. The lowest BCUT2D eigenvalue weighted by atomic mass is 10.1. The van der Waals surface area contributed by atoms with Gasteiger partial charge in [-0.2, -0.15) is 0 Å². The van der Waals surface area contributed by atoms with Crippen molar-refractivity contribution in [2.24, 2.45) is 0 Å². The zero-order valence-electron chi connectivity index (χ0n) is 16.1. The summed E-state index contributed by atoms with van der Waals surface area (Å²) in [4.78, 5) is 12.5. The quantitative estimate of drug-likeness (QED) is 0.568. The Morgan fingerprint density at radius 1 is 1.21 bits per heavy atom. The molecule has 0 saturated carbocycles. The molecule has 0 saturated heterocycles. The van der Waals surface area contributed by atoms with E-state index in [0.29, 0.717) is 18.1 Å². The van der Waals surface area contributed by atoms with Gasteiger partial charge in [0.25, 0.3) is 0 Å². The molecule has 28 heavy (non-hydrogen) atoms. The Labute approximate surface area is 174 Å². The van der Waals surface area contributed by atoms with E-state index in [-0.39, 0.29) is 11.2 Å². The molecule has 0 aliphatic heterocycles. The maximum absolute atomic E-state index is 12.5. The fourth-order valence-corrected chi connectivity index (χ4v) is 3.88. The summed E-state index contributed by atoms with van der Waals surface area (Å²) < 4.78 is 2.00. The summed E-state index contributed by atoms with van der Waals surface area (Å²) in [5.41, 5.74) is 3.19. The fourth-order valence-electron chi connectivity index (χ4n) is 2.75. The van der Waals surface area contributed by atoms with E-state index >= 15 is 0 Å². The number of aryl methyl sites for hydroxylation is 1. The Morgan fingerprint density at radius 3 is 2.64 bits per heavy atom. The molecule has 0 spiro atoms. The van der Waals surface area contributed by atoms with Crippen LogP contribution in [0, 0.1) is 6.92 Å². The van der Waals surface area contributed by atoms with Gasteiger partial charge in [-0.25, -0.2) is 0 Å². The van der Waals surface area contributed by atoms with Crippen LogP contribution in [0.3, 0.4) is 0 Å². The topological polar surface area (TPSA) is 59.8 Å². The van der Waals surface area contributed by atoms with Crippen molar-refractivity contribution in [2.45, 2.75) is 44.3 Å². The van der Waals surface area contributed by atoms with Crippen LogP contribution in [0.15, 0.2) is 53.7 Å². The highest BCUT2D eigenvalue weighted by molar-refractivity contribution is 8.00. The van der Waals surface area contributed by atoms with Gasteiger partial charge in [0.2, 0.25) is 5.91 Å². The molecule has 0 aliphatic carbocycles. The lowest BCUT2D eigenvalue weighted by Gasteiger charge is -2.13. The van der Waals surface area contributed by atoms with Crippen LogP contribution >= 0.6 is 23.4 Å². The number of carbonyl (C=O) groups excluding carboxylic acids is 1. The molecule has 3 rings (SSSR count). The number of nitrogens with one attached hydrogen (secondary N) is 1. The first kappa shape index (κ1) is 20.4. The first-order valence-corrected chi connectivity index (χ1v) is 10.4. The van der Waals surface area contributed by atoms with E-state index < -0.39 is 0 Å². The van der Waals surface area contributed by atoms with Crippen molar-refractivity contribution < 1.29 is 4.79 Å². The smallest absolute Gasteiger partial charge is 0.233 e. The van der Waals surface area contributed by atoms with Gasteiger partial charge in [0.05, 0.1) is 5.25 Å². The number of carbonyl (C=O) groups is 1. The minimum atomic E-state index is -0.285. The van der Waals surface area contributed by atoms with Crippen molar-refractivity contribution >= 4 is 29.3 Å². The molecule has 0 bridgehead atoms. The highest BCUT2D eigenvalue weighted by Crippen LogP contribution is 2.28. The van der Waals surface area contributed by atoms with Gasteiger partial charge in [-0.3, -0.25) is 4.79 Å². The van der Waals surface area contributed by atoms with Crippen LogP contribution in [-0.2, 0) is 17.9 Å². The van der Waals surface area contributed by atoms with Crippen LogP contribution in [0.4, 0.5) is 0 Å². The zero-order valence-corrected chi connectivity index (χ0v) is 17.7. The van der Waals surface area contributed by atoms with E-state index in [1.165, 1.54) is 17.3 Å². The van der Waals surface area contributed by atoms with Crippen LogP contribution in [-0.4, -0.2) is 25.9 Å². The summed E-state index contributed by atoms with van der Waals surface area (Å²) in [6.07, 6.45) is 0. The van der Waals surface area contributed by atoms with Gasteiger partial charge in [0, 0.05) is 23.7 Å². The highest BCUT2D eigenvalue weighted by Gasteiger charge is 2.20. The lowest BCUT2D eigenvalue weighted by molar-refractivity contribution is -0.120. The van der Waals surface area contributed by atoms with Crippen molar-refractivity contribution in [1.29, 1.82) is 0 Å². The van der Waals surface area contributed by atoms with Gasteiger partial charge >= 0.3 is 0 Å². The molecule has 3 aromatic rings. The molecule has 146 valence electrons. The zero-order chi connectivity index (χ0) is 20.1. The molecule has 0 unspecified atom stereocenters. The molecule has 1 heterocycles. The minimum Gasteiger partial charge on any atom is -0.351 e. The van der Waals surface area contributed by atoms with E-state index in [2.05, 4.69) is 15.5 Å². The number of hydrogen-bond donors (Lipinski definition) is 1. The van der Waals surface area contributed by atoms with Crippen molar-refractivity contribution in [1.82, 2.24) is 20.1 Å². The number of thioether (sulfide) groups is 1. The van der Waals surface area contributed by atoms with Crippen LogP contribution in [0.1, 0.15) is 25.0 Å². The number of nitrogens with zero attached hydrogens (tertiary/aromatic N) is 3. The monoisotopic (exact) mass is 414 g/mol. The normalized spacial score (nSPS) is 12.0. The average molecular weight is 415 g/mol. The second kappa shape index (κ2) is 9.26. The van der Waals surface area contributed by atoms with Crippen LogP contribution < -0.4 is 5.32 Å². The highest BCUT2D eigenvalue weighted by atomic mass is 35.5. The fraction of sp³-hybridized carbons (Fsp3) is 0.286. The number of amides is 1. The van der Waals surface area contributed by atoms with Gasteiger partial charge in [0.15, 0.2) is 11.0 Å². The molecule has 0 radical (unpaired) electrons. The third kappa shape index (κ3) is 4.94. The molecule has 0 fully saturated rings. The van der Waals surface area contributed by atoms with E-state index in [0.717, 1.165) is 22.1 Å². The molecule has 2 aromatic carbocycles. The van der Waals surface area contributed by atoms with Gasteiger partial charge < -0.3 is 9.88 Å². The number of aromatic nitrogens is 3. The third-order valence-corrected chi connectivity index (χ3v) is 5.67. The maximum Gasteiger partial charge on any atom is 0.233 e. The predicted molar refractivity (Wildman–Crippen MR) is 114 cm³/mol. The van der Waals surface area contributed by atoms with E-state index in [9.17, 15) is 4.79 Å². The van der Waals surface area contributed by atoms with Gasteiger partial charge in [-0.15, -0.1) is 10.2 Å². The Kier molecular flexibility index (Phi) is 6.75. The van der Waals surface area contributed by atoms with Crippen LogP contribution in [0.5, 0.6) is 0 Å². The van der Waals surface area contributed by atoms with Crippen molar-refractivity contribution in [2.75, 3.05) is 0 Å². The minimum absolute atomic E-state index is 0.0273. The van der Waals surface area contributed by atoms with Gasteiger partial charge in [0.1, 0.15) is 0 Å². The third-order valence-electron chi connectivity index (χ3n) is 4.35. The van der Waals surface area contributed by atoms with Crippen LogP contribution in [0.2, 0.25) is 5.02 Å². The summed E-state index contributed by atoms with van der Waals surface area (Å²) >= 11 is 7.51. The molecule has 5 nitrogen and oxygen atoms in total. The van der Waals surface area contributed by atoms with Crippen molar-refractivity contribution in [3.8, 4) is 11.4 Å². The number of hydrogen-bond acceptors (Lipinski definition) is 4. The molecule has 0 aliphatic rings. The van der Waals surface area contributed by atoms with Gasteiger partial charge in [-0.1, -0.05) is 65.3 Å². The first-order chi connectivity index (χ1) is 13.5. The summed E-state index contributed by atoms with van der Waals surface area (Å²) in [6.45, 7) is 7.17. The Bertz CT molecular complexity index is 955. The molecule has 7 heteroatoms. The van der Waals surface area contributed by atoms with E-state index in [4.69, 9.17) is 11.6 Å². The first-order valence-electron chi connectivity index (χ1n) is 9.17. The van der Waals surface area contributed by atoms with Gasteiger partial charge in [-0.05, 0) is 38.5 Å². The summed E-state index contributed by atoms with van der Waals surface area (Å²) in [5.74, 6) is 0.722. The number of rotatable bonds is 7. The number of halogens is 1. The standard InChI is InChI=1S/C21H23ClN4OS/c1-4-26-19(17-6-5-7-18(22)12-17)24-25-21(26)28-15(3)20(27)23-13-16-10-8-14(2)9-11-16/h5-12,15H,4,13H2,1-3H3,(H,23,27)/t15-/m1/s1. The molecular weight excluding hydrogens is 392 g/mol. The van der Waals surface area contributed by atoms with E-state index in [1.54, 1.807) is 0 Å². The summed E-state index contributed by atoms with van der Waals surface area (Å²) in [6, 6.07) is 15.7. The molecular formula is C21H23ClN4OS. The average Bonchev–Trinajstić information content (AvgIpc) is 3.09. The number of benzene rings is 2. The lowest BCUT2D eigenvalue weighted by Crippen LogP contribution is -2.30. The Hall–Kier alpha value is -2.31. The molecule has 1 N–H and O–H groups in total. The molecule has 1 atom stereocenters. The summed E-state index contributed by atoms with van der Waals surface area (Å²) in [7, 11) is 0. The Balaban J connectivity index is 1.67. The molecule has 1 aromatic heterocycles. The second-order valence-electron chi connectivity index (χ2n) is 6.52. The summed E-state index contributed by atoms with van der Waals surface area (Å²) in [5, 5.41) is 12.7. The molecule has 1 amide bonds. The predicted octanol–water partition coefficient (Wildman–Crippen LogP) is 4.72. The van der Waals surface area contributed by atoms with E-state index in [1.807, 2.05) is 73.9 Å². The van der Waals surface area contributed by atoms with Crippen molar-refractivity contribution in [3.05, 3.63) is 64.7 Å². The largest absolute Gasteiger partial charge is 0.351 e. The second-order valence-corrected chi connectivity index (χ2v) is 8.27. The maximum atomic E-state index is 12.5. The Morgan fingerprint density at radius 2 is 1.96 bits per heavy atom. The van der Waals surface area contributed by atoms with Crippen LogP contribution in [0.25, 0.3) is 11.4 Å². The van der Waals surface area contributed by atoms with Crippen molar-refractivity contribution in [3.63, 3.8) is 0 Å².